The Kier molecular flexibility index (Phi) is 6.82. The van der Waals surface area contributed by atoms with E-state index in [4.69, 9.17) is 0 Å². The molecule has 0 fully saturated rings. The van der Waals surface area contributed by atoms with Gasteiger partial charge in [0.2, 0.25) is 0 Å². The van der Waals surface area contributed by atoms with Crippen LogP contribution in [0.4, 0.5) is 0 Å². The molecule has 1 atom stereocenters. The summed E-state index contributed by atoms with van der Waals surface area (Å²) in [5.41, 5.74) is 1.13. The highest BCUT2D eigenvalue weighted by Gasteiger charge is 2.09. The molecule has 0 amide bonds. The molecule has 1 aromatic rings. The molecule has 0 aliphatic heterocycles. The van der Waals surface area contributed by atoms with E-state index in [0.717, 1.165) is 25.3 Å². The highest BCUT2D eigenvalue weighted by Crippen LogP contribution is 2.02. The number of pyridine rings is 1. The zero-order valence-corrected chi connectivity index (χ0v) is 11.3. The van der Waals surface area contributed by atoms with Crippen molar-refractivity contribution in [3.63, 3.8) is 0 Å². The second kappa shape index (κ2) is 8.20. The van der Waals surface area contributed by atoms with Crippen LogP contribution in [0.3, 0.4) is 0 Å². The van der Waals surface area contributed by atoms with Crippen molar-refractivity contribution >= 4 is 0 Å². The van der Waals surface area contributed by atoms with Gasteiger partial charge in [0, 0.05) is 25.3 Å². The van der Waals surface area contributed by atoms with E-state index in [-0.39, 0.29) is 0 Å². The summed E-state index contributed by atoms with van der Waals surface area (Å²) in [6.07, 6.45) is 4.37. The maximum atomic E-state index is 4.35. The first kappa shape index (κ1) is 14.1. The van der Waals surface area contributed by atoms with Gasteiger partial charge in [0.05, 0.1) is 5.69 Å². The fourth-order valence-electron chi connectivity index (χ4n) is 1.67. The van der Waals surface area contributed by atoms with Crippen LogP contribution in [0.25, 0.3) is 0 Å². The van der Waals surface area contributed by atoms with Gasteiger partial charge >= 0.3 is 0 Å². The quantitative estimate of drug-likeness (QED) is 0.701. The van der Waals surface area contributed by atoms with Crippen molar-refractivity contribution in [2.45, 2.75) is 39.3 Å². The lowest BCUT2D eigenvalue weighted by Gasteiger charge is -2.24. The Balaban J connectivity index is 2.24. The first-order valence-electron chi connectivity index (χ1n) is 6.55. The predicted octanol–water partition coefficient (Wildman–Crippen LogP) is 2.29. The maximum absolute atomic E-state index is 4.35. The molecule has 3 nitrogen and oxygen atoms in total. The third-order valence-corrected chi connectivity index (χ3v) is 3.04. The van der Waals surface area contributed by atoms with Gasteiger partial charge in [-0.1, -0.05) is 19.4 Å². The largest absolute Gasteiger partial charge is 0.315 e. The Bertz CT molecular complexity index is 287. The summed E-state index contributed by atoms with van der Waals surface area (Å²) in [5.74, 6) is 0. The summed E-state index contributed by atoms with van der Waals surface area (Å²) in [4.78, 5) is 6.68. The molecule has 0 saturated carbocycles. The second-order valence-corrected chi connectivity index (χ2v) is 4.64. The Hall–Kier alpha value is -0.930. The van der Waals surface area contributed by atoms with Crippen molar-refractivity contribution in [2.75, 3.05) is 20.1 Å². The normalized spacial score (nSPS) is 12.9. The van der Waals surface area contributed by atoms with Crippen molar-refractivity contribution in [3.8, 4) is 0 Å². The van der Waals surface area contributed by atoms with Crippen molar-refractivity contribution in [3.05, 3.63) is 30.1 Å². The number of likely N-dealkylation sites (N-methyl/N-ethyl adjacent to an activating group) is 1. The molecule has 0 saturated heterocycles. The fraction of sp³-hybridized carbons (Fsp3) is 0.643. The first-order valence-corrected chi connectivity index (χ1v) is 6.55. The summed E-state index contributed by atoms with van der Waals surface area (Å²) < 4.78 is 0. The van der Waals surface area contributed by atoms with Gasteiger partial charge in [-0.15, -0.1) is 0 Å². The summed E-state index contributed by atoms with van der Waals surface area (Å²) in [6.45, 7) is 7.55. The molecule has 1 N–H and O–H groups in total. The highest BCUT2D eigenvalue weighted by molar-refractivity contribution is 5.03. The van der Waals surface area contributed by atoms with E-state index in [1.165, 1.54) is 12.8 Å². The number of nitrogens with one attached hydrogen (secondary N) is 1. The van der Waals surface area contributed by atoms with Crippen LogP contribution in [0.15, 0.2) is 24.4 Å². The number of unbranched alkanes of at least 4 members (excludes halogenated alkanes) is 1. The van der Waals surface area contributed by atoms with Crippen molar-refractivity contribution < 1.29 is 0 Å². The van der Waals surface area contributed by atoms with Crippen molar-refractivity contribution in [1.29, 1.82) is 0 Å². The van der Waals surface area contributed by atoms with Crippen molar-refractivity contribution in [1.82, 2.24) is 15.2 Å². The molecular weight excluding hydrogens is 210 g/mol. The minimum atomic E-state index is 0.536. The van der Waals surface area contributed by atoms with Crippen LogP contribution >= 0.6 is 0 Å². The average Bonchev–Trinajstić information content (AvgIpc) is 2.35. The van der Waals surface area contributed by atoms with Gasteiger partial charge in [0.25, 0.3) is 0 Å². The zero-order valence-electron chi connectivity index (χ0n) is 11.3. The molecule has 96 valence electrons. The lowest BCUT2D eigenvalue weighted by atomic mass is 10.2. The fourth-order valence-corrected chi connectivity index (χ4v) is 1.67. The molecular formula is C14H25N3. The smallest absolute Gasteiger partial charge is 0.0543 e. The third-order valence-electron chi connectivity index (χ3n) is 3.04. The van der Waals surface area contributed by atoms with E-state index in [9.17, 15) is 0 Å². The average molecular weight is 235 g/mol. The lowest BCUT2D eigenvalue weighted by molar-refractivity contribution is 0.240. The summed E-state index contributed by atoms with van der Waals surface area (Å²) in [7, 11) is 2.15. The third kappa shape index (κ3) is 5.80. The molecule has 1 rings (SSSR count). The topological polar surface area (TPSA) is 28.2 Å². The standard InChI is InChI=1S/C14H25N3/c1-4-5-9-15-11-13(2)17(3)12-14-8-6-7-10-16-14/h6-8,10,13,15H,4-5,9,11-12H2,1-3H3. The van der Waals surface area contributed by atoms with Crippen LogP contribution in [0.5, 0.6) is 0 Å². The van der Waals surface area contributed by atoms with E-state index < -0.39 is 0 Å². The number of aromatic nitrogens is 1. The van der Waals surface area contributed by atoms with Gasteiger partial charge in [-0.3, -0.25) is 9.88 Å². The molecule has 0 bridgehead atoms. The Morgan fingerprint density at radius 3 is 2.88 bits per heavy atom. The van der Waals surface area contributed by atoms with Gasteiger partial charge in [-0.05, 0) is 39.1 Å². The van der Waals surface area contributed by atoms with Gasteiger partial charge < -0.3 is 5.32 Å². The molecule has 17 heavy (non-hydrogen) atoms. The van der Waals surface area contributed by atoms with E-state index >= 15 is 0 Å². The van der Waals surface area contributed by atoms with Crippen LogP contribution in [0.2, 0.25) is 0 Å². The number of rotatable bonds is 8. The van der Waals surface area contributed by atoms with Gasteiger partial charge in [-0.2, -0.15) is 0 Å². The highest BCUT2D eigenvalue weighted by atomic mass is 15.1. The Labute approximate surface area is 105 Å². The first-order chi connectivity index (χ1) is 8.24. The number of hydrogen-bond donors (Lipinski definition) is 1. The number of nitrogens with zero attached hydrogens (tertiary/aromatic N) is 2. The van der Waals surface area contributed by atoms with Crippen LogP contribution in [0.1, 0.15) is 32.4 Å². The molecule has 0 aliphatic carbocycles. The minimum Gasteiger partial charge on any atom is -0.315 e. The maximum Gasteiger partial charge on any atom is 0.0543 e. The summed E-state index contributed by atoms with van der Waals surface area (Å²) in [6, 6.07) is 6.61. The minimum absolute atomic E-state index is 0.536. The van der Waals surface area contributed by atoms with E-state index in [2.05, 4.69) is 42.2 Å². The summed E-state index contributed by atoms with van der Waals surface area (Å²) in [5, 5.41) is 3.49. The van der Waals surface area contributed by atoms with E-state index in [0.29, 0.717) is 6.04 Å². The molecule has 0 aliphatic rings. The van der Waals surface area contributed by atoms with Gasteiger partial charge in [0.1, 0.15) is 0 Å². The molecule has 1 aromatic heterocycles. The second-order valence-electron chi connectivity index (χ2n) is 4.64. The lowest BCUT2D eigenvalue weighted by Crippen LogP contribution is -2.37. The Morgan fingerprint density at radius 2 is 2.24 bits per heavy atom. The van der Waals surface area contributed by atoms with Crippen molar-refractivity contribution in [2.24, 2.45) is 0 Å². The van der Waals surface area contributed by atoms with Crippen LogP contribution < -0.4 is 5.32 Å². The summed E-state index contributed by atoms with van der Waals surface area (Å²) >= 11 is 0. The van der Waals surface area contributed by atoms with E-state index in [1.807, 2.05) is 18.3 Å². The van der Waals surface area contributed by atoms with E-state index in [1.54, 1.807) is 0 Å². The van der Waals surface area contributed by atoms with Crippen LogP contribution in [-0.4, -0.2) is 36.1 Å². The molecule has 0 radical (unpaired) electrons. The zero-order chi connectivity index (χ0) is 12.5. The van der Waals surface area contributed by atoms with Gasteiger partial charge in [0.15, 0.2) is 0 Å². The monoisotopic (exact) mass is 235 g/mol. The number of hydrogen-bond acceptors (Lipinski definition) is 3. The molecule has 1 heterocycles. The van der Waals surface area contributed by atoms with Crippen LogP contribution in [0, 0.1) is 0 Å². The Morgan fingerprint density at radius 1 is 1.41 bits per heavy atom. The molecule has 1 unspecified atom stereocenters. The predicted molar refractivity (Wildman–Crippen MR) is 72.9 cm³/mol. The molecule has 0 aromatic carbocycles. The van der Waals surface area contributed by atoms with Gasteiger partial charge in [-0.25, -0.2) is 0 Å². The molecule has 0 spiro atoms. The molecule has 3 heteroatoms. The van der Waals surface area contributed by atoms with Crippen LogP contribution in [-0.2, 0) is 6.54 Å². The SMILES string of the molecule is CCCCNCC(C)N(C)Cc1ccccn1.